The molecule has 6 heteroatoms. The van der Waals surface area contributed by atoms with Crippen molar-refractivity contribution in [3.63, 3.8) is 0 Å². The molecule has 2 unspecified atom stereocenters. The first-order chi connectivity index (χ1) is 9.58. The number of hydrogen-bond acceptors (Lipinski definition) is 5. The lowest BCUT2D eigenvalue weighted by molar-refractivity contribution is -0.138. The molecule has 0 aliphatic carbocycles. The second-order valence-electron chi connectivity index (χ2n) is 5.11. The number of carboxylic acids is 1. The number of nitrogens with one attached hydrogen (secondary N) is 1. The Bertz CT molecular complexity index is 548. The number of methoxy groups -OCH3 is 1. The van der Waals surface area contributed by atoms with Crippen LogP contribution in [0.5, 0.6) is 11.5 Å². The Morgan fingerprint density at radius 3 is 3.00 bits per heavy atom. The van der Waals surface area contributed by atoms with E-state index in [-0.39, 0.29) is 11.5 Å². The molecule has 0 saturated carbocycles. The molecule has 1 aromatic rings. The number of carboxylic acid groups (broad SMARTS) is 1. The molecule has 1 fully saturated rings. The molecule has 20 heavy (non-hydrogen) atoms. The molecule has 0 radical (unpaired) electrons. The highest BCUT2D eigenvalue weighted by atomic mass is 32.2. The van der Waals surface area contributed by atoms with Gasteiger partial charge in [0.2, 0.25) is 0 Å². The normalized spacial score (nSPS) is 28.0. The highest BCUT2D eigenvalue weighted by Crippen LogP contribution is 2.42. The van der Waals surface area contributed by atoms with Gasteiger partial charge in [0.15, 0.2) is 0 Å². The van der Waals surface area contributed by atoms with Crippen LogP contribution in [0.25, 0.3) is 0 Å². The Balaban J connectivity index is 1.90. The fourth-order valence-corrected chi connectivity index (χ4v) is 3.88. The number of carbonyl (C=O) groups is 1. The Labute approximate surface area is 121 Å². The lowest BCUT2D eigenvalue weighted by Gasteiger charge is -2.16. The summed E-state index contributed by atoms with van der Waals surface area (Å²) >= 11 is 1.58. The van der Waals surface area contributed by atoms with E-state index in [1.54, 1.807) is 18.9 Å². The largest absolute Gasteiger partial charge is 0.496 e. The molecule has 2 aliphatic rings. The highest BCUT2D eigenvalue weighted by Gasteiger charge is 2.33. The second kappa shape index (κ2) is 5.18. The van der Waals surface area contributed by atoms with Crippen molar-refractivity contribution in [2.24, 2.45) is 0 Å². The van der Waals surface area contributed by atoms with Gasteiger partial charge in [0.1, 0.15) is 23.6 Å². The minimum absolute atomic E-state index is 0.0733. The van der Waals surface area contributed by atoms with Crippen molar-refractivity contribution in [2.45, 2.75) is 30.9 Å². The highest BCUT2D eigenvalue weighted by molar-refractivity contribution is 7.99. The summed E-state index contributed by atoms with van der Waals surface area (Å²) in [6.45, 7) is 2.04. The Morgan fingerprint density at radius 1 is 1.55 bits per heavy atom. The summed E-state index contributed by atoms with van der Waals surface area (Å²) in [4.78, 5) is 11.0. The fraction of sp³-hybridized carbons (Fsp3) is 0.500. The SMILES string of the molecule is COc1cc2c(cc1C1N[C@H](C(=O)O)CS1)OC(C)C2. The van der Waals surface area contributed by atoms with Crippen LogP contribution in [-0.4, -0.2) is 36.1 Å². The van der Waals surface area contributed by atoms with Gasteiger partial charge in [0.25, 0.3) is 0 Å². The van der Waals surface area contributed by atoms with Crippen LogP contribution >= 0.6 is 11.8 Å². The number of benzene rings is 1. The van der Waals surface area contributed by atoms with Crippen molar-refractivity contribution in [1.29, 1.82) is 0 Å². The lowest BCUT2D eigenvalue weighted by atomic mass is 10.1. The summed E-state index contributed by atoms with van der Waals surface area (Å²) in [5.74, 6) is 1.41. The quantitative estimate of drug-likeness (QED) is 0.886. The Morgan fingerprint density at radius 2 is 2.35 bits per heavy atom. The van der Waals surface area contributed by atoms with Crippen molar-refractivity contribution < 1.29 is 19.4 Å². The van der Waals surface area contributed by atoms with Gasteiger partial charge in [-0.2, -0.15) is 0 Å². The van der Waals surface area contributed by atoms with Gasteiger partial charge in [-0.25, -0.2) is 0 Å². The lowest BCUT2D eigenvalue weighted by Crippen LogP contribution is -2.33. The predicted molar refractivity (Wildman–Crippen MR) is 76.5 cm³/mol. The summed E-state index contributed by atoms with van der Waals surface area (Å²) in [6.07, 6.45) is 1.07. The molecule has 5 nitrogen and oxygen atoms in total. The van der Waals surface area contributed by atoms with E-state index in [0.717, 1.165) is 29.0 Å². The summed E-state index contributed by atoms with van der Waals surface area (Å²) < 4.78 is 11.2. The molecule has 0 aromatic heterocycles. The van der Waals surface area contributed by atoms with Crippen molar-refractivity contribution in [1.82, 2.24) is 5.32 Å². The van der Waals surface area contributed by atoms with Crippen molar-refractivity contribution in [3.8, 4) is 11.5 Å². The maximum Gasteiger partial charge on any atom is 0.321 e. The van der Waals surface area contributed by atoms with E-state index in [1.165, 1.54) is 0 Å². The molecule has 2 aliphatic heterocycles. The minimum Gasteiger partial charge on any atom is -0.496 e. The van der Waals surface area contributed by atoms with Crippen LogP contribution < -0.4 is 14.8 Å². The van der Waals surface area contributed by atoms with Crippen LogP contribution in [0.3, 0.4) is 0 Å². The average Bonchev–Trinajstić information content (AvgIpc) is 3.01. The van der Waals surface area contributed by atoms with E-state index in [9.17, 15) is 4.79 Å². The van der Waals surface area contributed by atoms with E-state index in [0.29, 0.717) is 5.75 Å². The molecule has 3 atom stereocenters. The van der Waals surface area contributed by atoms with Gasteiger partial charge >= 0.3 is 5.97 Å². The summed E-state index contributed by atoms with van der Waals surface area (Å²) in [7, 11) is 1.64. The first-order valence-corrected chi connectivity index (χ1v) is 7.61. The third-order valence-electron chi connectivity index (χ3n) is 3.61. The van der Waals surface area contributed by atoms with Gasteiger partial charge in [0.05, 0.1) is 12.5 Å². The molecule has 1 saturated heterocycles. The predicted octanol–water partition coefficient (Wildman–Crippen LogP) is 1.81. The van der Waals surface area contributed by atoms with Crippen LogP contribution in [0.15, 0.2) is 12.1 Å². The Hall–Kier alpha value is -1.40. The smallest absolute Gasteiger partial charge is 0.321 e. The molecule has 0 spiro atoms. The average molecular weight is 295 g/mol. The number of hydrogen-bond donors (Lipinski definition) is 2. The van der Waals surface area contributed by atoms with Crippen molar-refractivity contribution in [2.75, 3.05) is 12.9 Å². The number of ether oxygens (including phenoxy) is 2. The second-order valence-corrected chi connectivity index (χ2v) is 6.24. The number of rotatable bonds is 3. The standard InChI is InChI=1S/C14H17NO4S/c1-7-3-8-4-12(18-2)9(5-11(8)19-7)13-15-10(6-20-13)14(16)17/h4-5,7,10,13,15H,3,6H2,1-2H3,(H,16,17)/t7?,10-,13?/m0/s1. The molecule has 0 bridgehead atoms. The molecular weight excluding hydrogens is 278 g/mol. The van der Waals surface area contributed by atoms with Gasteiger partial charge in [0, 0.05) is 23.3 Å². The van der Waals surface area contributed by atoms with Crippen LogP contribution in [0, 0.1) is 0 Å². The molecule has 2 N–H and O–H groups in total. The summed E-state index contributed by atoms with van der Waals surface area (Å²) in [5, 5.41) is 12.1. The van der Waals surface area contributed by atoms with Crippen molar-refractivity contribution in [3.05, 3.63) is 23.3 Å². The van der Waals surface area contributed by atoms with Crippen LogP contribution in [0.1, 0.15) is 23.4 Å². The van der Waals surface area contributed by atoms with Gasteiger partial charge < -0.3 is 14.6 Å². The van der Waals surface area contributed by atoms with Gasteiger partial charge in [-0.1, -0.05) is 0 Å². The third kappa shape index (κ3) is 2.33. The summed E-state index contributed by atoms with van der Waals surface area (Å²) in [6, 6.07) is 3.47. The van der Waals surface area contributed by atoms with Crippen LogP contribution in [0.4, 0.5) is 0 Å². The molecule has 108 valence electrons. The first-order valence-electron chi connectivity index (χ1n) is 6.56. The van der Waals surface area contributed by atoms with E-state index < -0.39 is 12.0 Å². The summed E-state index contributed by atoms with van der Waals surface area (Å²) in [5.41, 5.74) is 2.10. The maximum absolute atomic E-state index is 11.0. The van der Waals surface area contributed by atoms with E-state index in [2.05, 4.69) is 5.32 Å². The molecule has 3 rings (SSSR count). The van der Waals surface area contributed by atoms with Gasteiger partial charge in [-0.05, 0) is 19.1 Å². The molecular formula is C14H17NO4S. The van der Waals surface area contributed by atoms with Crippen LogP contribution in [0.2, 0.25) is 0 Å². The zero-order chi connectivity index (χ0) is 14.3. The first kappa shape index (κ1) is 13.6. The van der Waals surface area contributed by atoms with Gasteiger partial charge in [-0.3, -0.25) is 10.1 Å². The number of thioether (sulfide) groups is 1. The van der Waals surface area contributed by atoms with E-state index in [4.69, 9.17) is 14.6 Å². The Kier molecular flexibility index (Phi) is 3.52. The monoisotopic (exact) mass is 295 g/mol. The number of fused-ring (bicyclic) bond motifs is 1. The fourth-order valence-electron chi connectivity index (χ4n) is 2.63. The molecule has 1 aromatic carbocycles. The maximum atomic E-state index is 11.0. The topological polar surface area (TPSA) is 67.8 Å². The number of aliphatic carboxylic acids is 1. The van der Waals surface area contributed by atoms with Crippen molar-refractivity contribution >= 4 is 17.7 Å². The molecule has 2 heterocycles. The zero-order valence-electron chi connectivity index (χ0n) is 11.4. The van der Waals surface area contributed by atoms with Crippen LogP contribution in [-0.2, 0) is 11.2 Å². The minimum atomic E-state index is -0.815. The molecule has 0 amide bonds. The van der Waals surface area contributed by atoms with E-state index >= 15 is 0 Å². The zero-order valence-corrected chi connectivity index (χ0v) is 12.2. The third-order valence-corrected chi connectivity index (χ3v) is 4.86. The van der Waals surface area contributed by atoms with Gasteiger partial charge in [-0.15, -0.1) is 11.8 Å². The van der Waals surface area contributed by atoms with E-state index in [1.807, 2.05) is 19.1 Å².